The van der Waals surface area contributed by atoms with E-state index in [1.165, 1.54) is 4.88 Å². The fourth-order valence-electron chi connectivity index (χ4n) is 6.24. The first-order valence-electron chi connectivity index (χ1n) is 13.5. The highest BCUT2D eigenvalue weighted by Gasteiger charge is 2.42. The third kappa shape index (κ3) is 4.32. The molecule has 9 nitrogen and oxygen atoms in total. The molecule has 2 aliphatic heterocycles. The summed E-state index contributed by atoms with van der Waals surface area (Å²) in [5, 5.41) is 8.60. The lowest BCUT2D eigenvalue weighted by molar-refractivity contribution is 0.274. The lowest BCUT2D eigenvalue weighted by Gasteiger charge is -2.39. The van der Waals surface area contributed by atoms with Gasteiger partial charge in [-0.1, -0.05) is 11.1 Å². The number of hydrogen-bond acceptors (Lipinski definition) is 10. The molecule has 6 rings (SSSR count). The van der Waals surface area contributed by atoms with Gasteiger partial charge in [0, 0.05) is 68.5 Å². The molecule has 0 bridgehead atoms. The molecule has 0 unspecified atom stereocenters. The van der Waals surface area contributed by atoms with Gasteiger partial charge in [-0.2, -0.15) is 4.98 Å². The van der Waals surface area contributed by atoms with Crippen LogP contribution in [0.1, 0.15) is 48.6 Å². The van der Waals surface area contributed by atoms with Gasteiger partial charge in [-0.05, 0) is 51.8 Å². The Hall–Kier alpha value is -3.13. The van der Waals surface area contributed by atoms with Crippen LogP contribution >= 0.6 is 11.3 Å². The van der Waals surface area contributed by atoms with Gasteiger partial charge in [0.25, 0.3) is 0 Å². The maximum Gasteiger partial charge on any atom is 0.237 e. The van der Waals surface area contributed by atoms with Crippen molar-refractivity contribution in [3.8, 4) is 23.9 Å². The van der Waals surface area contributed by atoms with Crippen LogP contribution in [0.4, 0.5) is 16.5 Å². The highest BCUT2D eigenvalue weighted by Crippen LogP contribution is 2.48. The van der Waals surface area contributed by atoms with Gasteiger partial charge in [0.05, 0.1) is 11.0 Å². The maximum atomic E-state index is 6.30. The summed E-state index contributed by atoms with van der Waals surface area (Å²) >= 11 is 1.59. The van der Waals surface area contributed by atoms with Crippen molar-refractivity contribution >= 4 is 27.8 Å². The van der Waals surface area contributed by atoms with E-state index in [2.05, 4.69) is 64.1 Å². The number of pyridine rings is 1. The highest BCUT2D eigenvalue weighted by molar-refractivity contribution is 7.16. The second-order valence-corrected chi connectivity index (χ2v) is 12.1. The fourth-order valence-corrected chi connectivity index (χ4v) is 7.45. The van der Waals surface area contributed by atoms with Gasteiger partial charge < -0.3 is 30.3 Å². The topological polar surface area (TPSA) is 99.6 Å². The quantitative estimate of drug-likeness (QED) is 0.491. The van der Waals surface area contributed by atoms with Crippen LogP contribution in [0, 0.1) is 12.3 Å². The van der Waals surface area contributed by atoms with Crippen LogP contribution in [-0.4, -0.2) is 78.9 Å². The number of nitrogens with one attached hydrogen (secondary N) is 1. The van der Waals surface area contributed by atoms with Gasteiger partial charge in [0.1, 0.15) is 16.5 Å². The minimum Gasteiger partial charge on any atom is -0.390 e. The second kappa shape index (κ2) is 9.88. The number of nitrogens with two attached hydrogens (primary N) is 1. The SMILES string of the molecule is C#Cc1c(N)sc2c1[C@@](C)(c1nc(-c3cc(N4CCNCC4)cc(N4CCN(C)C[C@@H]4C)n3)no1)CCC2. The molecule has 0 saturated carbocycles. The van der Waals surface area contributed by atoms with E-state index in [-0.39, 0.29) is 0 Å². The molecule has 0 spiro atoms. The molecule has 3 aromatic rings. The Balaban J connectivity index is 1.40. The number of nitrogens with zero attached hydrogens (tertiary/aromatic N) is 6. The van der Waals surface area contributed by atoms with Crippen molar-refractivity contribution in [2.75, 3.05) is 68.4 Å². The van der Waals surface area contributed by atoms with E-state index in [1.54, 1.807) is 11.3 Å². The molecule has 2 fully saturated rings. The Labute approximate surface area is 228 Å². The van der Waals surface area contributed by atoms with Crippen molar-refractivity contribution in [2.24, 2.45) is 0 Å². The number of rotatable bonds is 4. The smallest absolute Gasteiger partial charge is 0.237 e. The first kappa shape index (κ1) is 25.2. The van der Waals surface area contributed by atoms with Crippen molar-refractivity contribution in [3.63, 3.8) is 0 Å². The molecule has 3 N–H and O–H groups in total. The largest absolute Gasteiger partial charge is 0.390 e. The molecule has 5 heterocycles. The molecule has 1 aliphatic carbocycles. The molecule has 0 amide bonds. The van der Waals surface area contributed by atoms with E-state index in [0.717, 1.165) is 93.4 Å². The average Bonchev–Trinajstić information content (AvgIpc) is 3.55. The predicted molar refractivity (Wildman–Crippen MR) is 153 cm³/mol. The number of likely N-dealkylation sites (N-methyl/N-ethyl adjacent to an activating group) is 1. The number of terminal acetylenes is 1. The van der Waals surface area contributed by atoms with Gasteiger partial charge in [-0.15, -0.1) is 17.8 Å². The van der Waals surface area contributed by atoms with Crippen molar-refractivity contribution < 1.29 is 4.52 Å². The zero-order valence-electron chi connectivity index (χ0n) is 22.5. The summed E-state index contributed by atoms with van der Waals surface area (Å²) in [6.07, 6.45) is 8.77. The number of anilines is 3. The third-order valence-corrected chi connectivity index (χ3v) is 9.39. The maximum absolute atomic E-state index is 6.30. The molecule has 3 aliphatic rings. The first-order valence-corrected chi connectivity index (χ1v) is 14.3. The van der Waals surface area contributed by atoms with Crippen LogP contribution in [0.25, 0.3) is 11.5 Å². The number of hydrogen-bond donors (Lipinski definition) is 2. The zero-order valence-corrected chi connectivity index (χ0v) is 23.3. The van der Waals surface area contributed by atoms with Gasteiger partial charge in [-0.25, -0.2) is 4.98 Å². The molecular formula is C28H36N8OS. The van der Waals surface area contributed by atoms with E-state index in [0.29, 0.717) is 22.8 Å². The molecule has 38 heavy (non-hydrogen) atoms. The van der Waals surface area contributed by atoms with E-state index in [4.69, 9.17) is 26.6 Å². The number of thiophene rings is 1. The summed E-state index contributed by atoms with van der Waals surface area (Å²) in [4.78, 5) is 18.5. The first-order chi connectivity index (χ1) is 18.4. The van der Waals surface area contributed by atoms with Crippen molar-refractivity contribution in [2.45, 2.75) is 44.6 Å². The predicted octanol–water partition coefficient (Wildman–Crippen LogP) is 2.95. The van der Waals surface area contributed by atoms with E-state index >= 15 is 0 Å². The summed E-state index contributed by atoms with van der Waals surface area (Å²) in [7, 11) is 2.18. The summed E-state index contributed by atoms with van der Waals surface area (Å²) in [6, 6.07) is 4.69. The second-order valence-electron chi connectivity index (χ2n) is 11.0. The van der Waals surface area contributed by atoms with Crippen LogP contribution in [0.2, 0.25) is 0 Å². The number of aryl methyl sites for hydroxylation is 1. The van der Waals surface area contributed by atoms with Gasteiger partial charge in [0.2, 0.25) is 11.7 Å². The Bertz CT molecular complexity index is 1370. The Morgan fingerprint density at radius 1 is 1.21 bits per heavy atom. The Morgan fingerprint density at radius 2 is 2.03 bits per heavy atom. The zero-order chi connectivity index (χ0) is 26.4. The lowest BCUT2D eigenvalue weighted by Crippen LogP contribution is -2.51. The standard InChI is InChI=1S/C28H36N8OS/c1-5-20-24-22(38-25(20)29)7-6-8-28(24,3)27-32-26(33-37-27)21-15-19(35-11-9-30-10-12-35)16-23(31-21)36-14-13-34(4)17-18(36)2/h1,15-16,18,30H,6-14,17,29H2,2-4H3/t18-,28-/m0/s1. The summed E-state index contributed by atoms with van der Waals surface area (Å²) < 4.78 is 5.98. The molecule has 3 aromatic heterocycles. The monoisotopic (exact) mass is 532 g/mol. The summed E-state index contributed by atoms with van der Waals surface area (Å²) in [6.45, 7) is 11.2. The lowest BCUT2D eigenvalue weighted by atomic mass is 9.72. The van der Waals surface area contributed by atoms with Crippen LogP contribution in [0.15, 0.2) is 16.7 Å². The third-order valence-electron chi connectivity index (χ3n) is 8.32. The Kier molecular flexibility index (Phi) is 6.54. The van der Waals surface area contributed by atoms with Crippen LogP contribution in [0.5, 0.6) is 0 Å². The molecule has 0 radical (unpaired) electrons. The minimum atomic E-state index is -0.473. The Morgan fingerprint density at radius 3 is 2.79 bits per heavy atom. The molecule has 0 aromatic carbocycles. The van der Waals surface area contributed by atoms with Gasteiger partial charge in [0.15, 0.2) is 0 Å². The number of piperazine rings is 2. The van der Waals surface area contributed by atoms with Crippen LogP contribution < -0.4 is 20.9 Å². The summed E-state index contributed by atoms with van der Waals surface area (Å²) in [5.74, 6) is 4.88. The van der Waals surface area contributed by atoms with Crippen molar-refractivity contribution in [1.29, 1.82) is 0 Å². The molecular weight excluding hydrogens is 496 g/mol. The highest BCUT2D eigenvalue weighted by atomic mass is 32.1. The molecule has 2 atom stereocenters. The minimum absolute atomic E-state index is 0.360. The van der Waals surface area contributed by atoms with Crippen molar-refractivity contribution in [3.05, 3.63) is 34.0 Å². The van der Waals surface area contributed by atoms with E-state index in [1.807, 2.05) is 0 Å². The normalized spacial score (nSPS) is 24.3. The molecule has 200 valence electrons. The number of aromatic nitrogens is 3. The average molecular weight is 533 g/mol. The number of fused-ring (bicyclic) bond motifs is 1. The van der Waals surface area contributed by atoms with Gasteiger partial charge >= 0.3 is 0 Å². The number of nitrogen functional groups attached to an aromatic ring is 1. The summed E-state index contributed by atoms with van der Waals surface area (Å²) in [5.41, 5.74) is 9.57. The fraction of sp³-hybridized carbons (Fsp3) is 0.536. The van der Waals surface area contributed by atoms with E-state index < -0.39 is 5.41 Å². The van der Waals surface area contributed by atoms with Crippen molar-refractivity contribution in [1.82, 2.24) is 25.3 Å². The molecule has 10 heteroatoms. The molecule has 2 saturated heterocycles. The van der Waals surface area contributed by atoms with Crippen LogP contribution in [-0.2, 0) is 11.8 Å². The van der Waals surface area contributed by atoms with E-state index in [9.17, 15) is 0 Å². The van der Waals surface area contributed by atoms with Gasteiger partial charge in [-0.3, -0.25) is 0 Å². The van der Waals surface area contributed by atoms with Crippen LogP contribution in [0.3, 0.4) is 0 Å².